The molecule has 0 radical (unpaired) electrons. The van der Waals surface area contributed by atoms with Gasteiger partial charge in [0.25, 0.3) is 0 Å². The van der Waals surface area contributed by atoms with Crippen LogP contribution in [-0.4, -0.2) is 26.9 Å². The number of para-hydroxylation sites is 3. The second kappa shape index (κ2) is 8.21. The van der Waals surface area contributed by atoms with Crippen LogP contribution in [-0.2, 0) is 4.79 Å². The number of anilines is 1. The van der Waals surface area contributed by atoms with Gasteiger partial charge in [-0.15, -0.1) is 11.8 Å². The molecular formula is C20H23N3OS. The van der Waals surface area contributed by atoms with Gasteiger partial charge in [-0.05, 0) is 43.4 Å². The van der Waals surface area contributed by atoms with Gasteiger partial charge in [0.15, 0.2) is 0 Å². The second-order valence-electron chi connectivity index (χ2n) is 6.00. The number of nitrogens with one attached hydrogen (secondary N) is 2. The van der Waals surface area contributed by atoms with Crippen LogP contribution in [0.4, 0.5) is 5.69 Å². The fraction of sp³-hybridized carbons (Fsp3) is 0.300. The van der Waals surface area contributed by atoms with E-state index in [1.165, 1.54) is 0 Å². The van der Waals surface area contributed by atoms with E-state index in [0.29, 0.717) is 0 Å². The zero-order valence-corrected chi connectivity index (χ0v) is 15.4. The predicted octanol–water partition coefficient (Wildman–Crippen LogP) is 5.09. The topological polar surface area (TPSA) is 57.8 Å². The Morgan fingerprint density at radius 3 is 2.76 bits per heavy atom. The third kappa shape index (κ3) is 4.23. The maximum absolute atomic E-state index is 12.5. The molecule has 0 aliphatic carbocycles. The van der Waals surface area contributed by atoms with Crippen LogP contribution in [0.3, 0.4) is 0 Å². The van der Waals surface area contributed by atoms with Crippen molar-refractivity contribution in [2.24, 2.45) is 0 Å². The second-order valence-corrected chi connectivity index (χ2v) is 7.45. The number of benzene rings is 2. The van der Waals surface area contributed by atoms with Gasteiger partial charge >= 0.3 is 0 Å². The molecule has 0 saturated carbocycles. The Labute approximate surface area is 152 Å². The Balaban J connectivity index is 1.80. The Kier molecular flexibility index (Phi) is 5.76. The van der Waals surface area contributed by atoms with Gasteiger partial charge in [-0.1, -0.05) is 37.6 Å². The molecule has 25 heavy (non-hydrogen) atoms. The summed E-state index contributed by atoms with van der Waals surface area (Å²) in [6.07, 6.45) is 2.29. The van der Waals surface area contributed by atoms with Crippen LogP contribution >= 0.6 is 11.8 Å². The van der Waals surface area contributed by atoms with Gasteiger partial charge in [0.05, 0.1) is 22.0 Å². The molecule has 1 heterocycles. The minimum Gasteiger partial charge on any atom is -0.338 e. The predicted molar refractivity (Wildman–Crippen MR) is 107 cm³/mol. The van der Waals surface area contributed by atoms with Gasteiger partial charge < -0.3 is 10.3 Å². The number of H-pyrrole nitrogens is 1. The number of imidazole rings is 1. The van der Waals surface area contributed by atoms with E-state index in [9.17, 15) is 4.79 Å². The number of hydrogen-bond donors (Lipinski definition) is 2. The number of rotatable bonds is 7. The lowest BCUT2D eigenvalue weighted by Gasteiger charge is -2.14. The first-order valence-electron chi connectivity index (χ1n) is 8.65. The standard InChI is InChI=1S/C20H23N3OS/c1-3-4-13-25-14(2)20(24)23-16-10-6-5-9-15(16)19-21-17-11-7-8-12-18(17)22-19/h5-12,14H,3-4,13H2,1-2H3,(H,21,22)(H,23,24). The molecule has 0 bridgehead atoms. The Hall–Kier alpha value is -2.27. The van der Waals surface area contributed by atoms with E-state index in [1.54, 1.807) is 11.8 Å². The summed E-state index contributed by atoms with van der Waals surface area (Å²) in [5.74, 6) is 1.81. The molecule has 0 aliphatic rings. The van der Waals surface area contributed by atoms with Crippen molar-refractivity contribution in [3.63, 3.8) is 0 Å². The fourth-order valence-electron chi connectivity index (χ4n) is 2.59. The molecule has 5 heteroatoms. The zero-order chi connectivity index (χ0) is 17.6. The van der Waals surface area contributed by atoms with Gasteiger partial charge in [-0.25, -0.2) is 4.98 Å². The number of aromatic amines is 1. The molecule has 2 N–H and O–H groups in total. The monoisotopic (exact) mass is 353 g/mol. The highest BCUT2D eigenvalue weighted by Crippen LogP contribution is 2.28. The molecule has 2 aromatic carbocycles. The van der Waals surface area contributed by atoms with Crippen molar-refractivity contribution in [3.8, 4) is 11.4 Å². The molecule has 1 atom stereocenters. The van der Waals surface area contributed by atoms with Crippen molar-refractivity contribution in [1.82, 2.24) is 9.97 Å². The maximum Gasteiger partial charge on any atom is 0.237 e. The maximum atomic E-state index is 12.5. The summed E-state index contributed by atoms with van der Waals surface area (Å²) in [6.45, 7) is 4.12. The number of fused-ring (bicyclic) bond motifs is 1. The molecule has 1 amide bonds. The molecule has 3 aromatic rings. The van der Waals surface area contributed by atoms with Gasteiger partial charge in [0.1, 0.15) is 5.82 Å². The van der Waals surface area contributed by atoms with Gasteiger partial charge in [0, 0.05) is 5.56 Å². The number of thioether (sulfide) groups is 1. The van der Waals surface area contributed by atoms with Gasteiger partial charge in [-0.3, -0.25) is 4.79 Å². The summed E-state index contributed by atoms with van der Waals surface area (Å²) in [5, 5.41) is 2.99. The van der Waals surface area contributed by atoms with Crippen molar-refractivity contribution in [2.75, 3.05) is 11.1 Å². The van der Waals surface area contributed by atoms with E-state index < -0.39 is 0 Å². The number of unbranched alkanes of at least 4 members (excludes halogenated alkanes) is 1. The lowest BCUT2D eigenvalue weighted by molar-refractivity contribution is -0.115. The van der Waals surface area contributed by atoms with Crippen LogP contribution in [0.25, 0.3) is 22.4 Å². The third-order valence-electron chi connectivity index (χ3n) is 4.06. The first kappa shape index (κ1) is 17.5. The number of nitrogens with zero attached hydrogens (tertiary/aromatic N) is 1. The summed E-state index contributed by atoms with van der Waals surface area (Å²) < 4.78 is 0. The molecule has 3 rings (SSSR count). The summed E-state index contributed by atoms with van der Waals surface area (Å²) >= 11 is 1.70. The van der Waals surface area contributed by atoms with Crippen LogP contribution in [0.2, 0.25) is 0 Å². The highest BCUT2D eigenvalue weighted by molar-refractivity contribution is 8.00. The Bertz CT molecular complexity index is 826. The van der Waals surface area contributed by atoms with Crippen LogP contribution in [0, 0.1) is 0 Å². The lowest BCUT2D eigenvalue weighted by Crippen LogP contribution is -2.23. The largest absolute Gasteiger partial charge is 0.338 e. The molecule has 1 unspecified atom stereocenters. The van der Waals surface area contributed by atoms with E-state index in [1.807, 2.05) is 55.5 Å². The van der Waals surface area contributed by atoms with Crippen LogP contribution in [0.5, 0.6) is 0 Å². The normalized spacial score (nSPS) is 12.2. The molecule has 4 nitrogen and oxygen atoms in total. The molecule has 130 valence electrons. The third-order valence-corrected chi connectivity index (χ3v) is 5.30. The summed E-state index contributed by atoms with van der Waals surface area (Å²) in [6, 6.07) is 15.7. The Morgan fingerprint density at radius 2 is 1.96 bits per heavy atom. The molecule has 0 saturated heterocycles. The van der Waals surface area contributed by atoms with Crippen molar-refractivity contribution >= 4 is 34.4 Å². The van der Waals surface area contributed by atoms with Gasteiger partial charge in [0.2, 0.25) is 5.91 Å². The van der Waals surface area contributed by atoms with E-state index in [-0.39, 0.29) is 11.2 Å². The van der Waals surface area contributed by atoms with E-state index in [0.717, 1.165) is 46.7 Å². The number of hydrogen-bond acceptors (Lipinski definition) is 3. The number of amides is 1. The molecule has 0 fully saturated rings. The Morgan fingerprint density at radius 1 is 1.20 bits per heavy atom. The highest BCUT2D eigenvalue weighted by Gasteiger charge is 2.16. The molecule has 0 aliphatic heterocycles. The quantitative estimate of drug-likeness (QED) is 0.582. The summed E-state index contributed by atoms with van der Waals surface area (Å²) in [7, 11) is 0. The smallest absolute Gasteiger partial charge is 0.237 e. The number of aromatic nitrogens is 2. The first-order valence-corrected chi connectivity index (χ1v) is 9.70. The van der Waals surface area contributed by atoms with Crippen molar-refractivity contribution in [1.29, 1.82) is 0 Å². The zero-order valence-electron chi connectivity index (χ0n) is 14.6. The highest BCUT2D eigenvalue weighted by atomic mass is 32.2. The molecular weight excluding hydrogens is 330 g/mol. The van der Waals surface area contributed by atoms with Crippen LogP contribution in [0.15, 0.2) is 48.5 Å². The molecule has 1 aromatic heterocycles. The van der Waals surface area contributed by atoms with E-state index >= 15 is 0 Å². The van der Waals surface area contributed by atoms with Gasteiger partial charge in [-0.2, -0.15) is 0 Å². The van der Waals surface area contributed by atoms with Crippen molar-refractivity contribution in [3.05, 3.63) is 48.5 Å². The number of carbonyl (C=O) groups excluding carboxylic acids is 1. The van der Waals surface area contributed by atoms with E-state index in [2.05, 4.69) is 22.2 Å². The number of carbonyl (C=O) groups is 1. The van der Waals surface area contributed by atoms with E-state index in [4.69, 9.17) is 0 Å². The van der Waals surface area contributed by atoms with Crippen LogP contribution < -0.4 is 5.32 Å². The lowest BCUT2D eigenvalue weighted by atomic mass is 10.1. The minimum atomic E-state index is -0.0738. The minimum absolute atomic E-state index is 0.0321. The van der Waals surface area contributed by atoms with Crippen molar-refractivity contribution in [2.45, 2.75) is 31.9 Å². The SMILES string of the molecule is CCCCSC(C)C(=O)Nc1ccccc1-c1nc2ccccc2[nH]1. The molecule has 0 spiro atoms. The average molecular weight is 353 g/mol. The fourth-order valence-corrected chi connectivity index (χ4v) is 3.61. The average Bonchev–Trinajstić information content (AvgIpc) is 3.06. The summed E-state index contributed by atoms with van der Waals surface area (Å²) in [5.41, 5.74) is 3.59. The van der Waals surface area contributed by atoms with Crippen molar-refractivity contribution < 1.29 is 4.79 Å². The summed E-state index contributed by atoms with van der Waals surface area (Å²) in [4.78, 5) is 20.5. The van der Waals surface area contributed by atoms with Crippen LogP contribution in [0.1, 0.15) is 26.7 Å². The first-order chi connectivity index (χ1) is 12.2.